The molecule has 0 bridgehead atoms. The van der Waals surface area contributed by atoms with E-state index < -0.39 is 5.69 Å². The Morgan fingerprint density at radius 3 is 2.86 bits per heavy atom. The molecule has 0 amide bonds. The molecule has 2 aromatic rings. The van der Waals surface area contributed by atoms with Crippen LogP contribution >= 0.6 is 11.6 Å². The molecule has 0 radical (unpaired) electrons. The number of hydrogen-bond acceptors (Lipinski definition) is 3. The average molecular weight is 208 g/mol. The van der Waals surface area contributed by atoms with Crippen LogP contribution in [0.2, 0.25) is 5.02 Å². The van der Waals surface area contributed by atoms with Gasteiger partial charge in [0.15, 0.2) is 0 Å². The molecule has 0 atom stereocenters. The van der Waals surface area contributed by atoms with Crippen molar-refractivity contribution in [1.82, 2.24) is 15.0 Å². The summed E-state index contributed by atoms with van der Waals surface area (Å²) in [4.78, 5) is 20.8. The zero-order valence-corrected chi connectivity index (χ0v) is 7.82. The van der Waals surface area contributed by atoms with Gasteiger partial charge >= 0.3 is 5.69 Å². The molecule has 4 nitrogen and oxygen atoms in total. The minimum atomic E-state index is -0.421. The second-order valence-electron chi connectivity index (χ2n) is 2.66. The van der Waals surface area contributed by atoms with Crippen molar-refractivity contribution < 1.29 is 0 Å². The molecule has 1 aromatic carbocycles. The maximum atomic E-state index is 10.9. The molecule has 0 aliphatic carbocycles. The maximum absolute atomic E-state index is 10.9. The summed E-state index contributed by atoms with van der Waals surface area (Å²) in [7, 11) is 0. The lowest BCUT2D eigenvalue weighted by Crippen LogP contribution is -2.11. The average Bonchev–Trinajstić information content (AvgIpc) is 2.18. The summed E-state index contributed by atoms with van der Waals surface area (Å²) in [6.45, 7) is 0. The van der Waals surface area contributed by atoms with Gasteiger partial charge in [0.25, 0.3) is 0 Å². The van der Waals surface area contributed by atoms with Crippen LogP contribution < -0.4 is 5.69 Å². The minimum Gasteiger partial charge on any atom is -0.290 e. The molecule has 0 aliphatic heterocycles. The third kappa shape index (κ3) is 1.80. The molecule has 0 saturated heterocycles. The first kappa shape index (κ1) is 8.90. The van der Waals surface area contributed by atoms with E-state index in [0.29, 0.717) is 10.8 Å². The zero-order chi connectivity index (χ0) is 9.97. The Morgan fingerprint density at radius 2 is 2.14 bits per heavy atom. The first-order valence-electron chi connectivity index (χ1n) is 3.93. The Balaban J connectivity index is 2.55. The summed E-state index contributed by atoms with van der Waals surface area (Å²) in [6.07, 6.45) is 1.22. The summed E-state index contributed by atoms with van der Waals surface area (Å²) in [6, 6.07) is 7.08. The molecular formula is C9H6ClN3O. The molecule has 1 heterocycles. The Kier molecular flexibility index (Phi) is 2.28. The fraction of sp³-hybridized carbons (Fsp3) is 0. The van der Waals surface area contributed by atoms with E-state index in [-0.39, 0.29) is 0 Å². The zero-order valence-electron chi connectivity index (χ0n) is 7.07. The van der Waals surface area contributed by atoms with E-state index in [2.05, 4.69) is 15.0 Å². The molecule has 1 N–H and O–H groups in total. The van der Waals surface area contributed by atoms with Crippen LogP contribution in [0.3, 0.4) is 0 Å². The van der Waals surface area contributed by atoms with E-state index in [1.54, 1.807) is 18.2 Å². The lowest BCUT2D eigenvalue weighted by atomic mass is 10.2. The molecule has 2 rings (SSSR count). The fourth-order valence-corrected chi connectivity index (χ4v) is 1.28. The van der Waals surface area contributed by atoms with Crippen molar-refractivity contribution in [2.24, 2.45) is 0 Å². The van der Waals surface area contributed by atoms with Gasteiger partial charge in [0, 0.05) is 10.6 Å². The van der Waals surface area contributed by atoms with Crippen LogP contribution in [0.1, 0.15) is 0 Å². The predicted octanol–water partition coefficient (Wildman–Crippen LogP) is 1.49. The monoisotopic (exact) mass is 207 g/mol. The molecule has 0 spiro atoms. The number of aromatic nitrogens is 3. The minimum absolute atomic E-state index is 0.421. The SMILES string of the molecule is O=c1ncnc(-c2cccc(Cl)c2)[nH]1. The van der Waals surface area contributed by atoms with Crippen molar-refractivity contribution in [3.63, 3.8) is 0 Å². The van der Waals surface area contributed by atoms with Gasteiger partial charge in [-0.2, -0.15) is 4.98 Å². The molecule has 0 aliphatic rings. The van der Waals surface area contributed by atoms with Crippen molar-refractivity contribution in [1.29, 1.82) is 0 Å². The van der Waals surface area contributed by atoms with Crippen LogP contribution in [0.15, 0.2) is 35.4 Å². The normalized spacial score (nSPS) is 10.1. The Morgan fingerprint density at radius 1 is 1.29 bits per heavy atom. The second-order valence-corrected chi connectivity index (χ2v) is 3.10. The quantitative estimate of drug-likeness (QED) is 0.771. The summed E-state index contributed by atoms with van der Waals surface area (Å²) in [5, 5.41) is 0.599. The standard InChI is InChI=1S/C9H6ClN3O/c10-7-3-1-2-6(4-7)8-11-5-12-9(14)13-8/h1-5H,(H,11,12,13,14). The summed E-state index contributed by atoms with van der Waals surface area (Å²) in [5.74, 6) is 0.465. The maximum Gasteiger partial charge on any atom is 0.348 e. The molecular weight excluding hydrogens is 202 g/mol. The van der Waals surface area contributed by atoms with E-state index in [1.807, 2.05) is 6.07 Å². The van der Waals surface area contributed by atoms with Gasteiger partial charge in [0.2, 0.25) is 0 Å². The molecule has 0 fully saturated rings. The van der Waals surface area contributed by atoms with Crippen molar-refractivity contribution in [2.75, 3.05) is 0 Å². The van der Waals surface area contributed by atoms with Crippen LogP contribution in [-0.4, -0.2) is 15.0 Å². The molecule has 0 saturated carbocycles. The van der Waals surface area contributed by atoms with Crippen LogP contribution in [0, 0.1) is 0 Å². The summed E-state index contributed by atoms with van der Waals surface area (Å²) >= 11 is 5.80. The van der Waals surface area contributed by atoms with Crippen molar-refractivity contribution >= 4 is 11.6 Å². The number of hydrogen-bond donors (Lipinski definition) is 1. The number of halogens is 1. The molecule has 14 heavy (non-hydrogen) atoms. The van der Waals surface area contributed by atoms with Crippen molar-refractivity contribution in [2.45, 2.75) is 0 Å². The third-order valence-electron chi connectivity index (χ3n) is 1.69. The first-order chi connectivity index (χ1) is 6.75. The van der Waals surface area contributed by atoms with Gasteiger partial charge in [-0.1, -0.05) is 23.7 Å². The van der Waals surface area contributed by atoms with Crippen molar-refractivity contribution in [3.05, 3.63) is 46.1 Å². The largest absolute Gasteiger partial charge is 0.348 e. The summed E-state index contributed by atoms with van der Waals surface area (Å²) in [5.41, 5.74) is 0.340. The molecule has 5 heteroatoms. The van der Waals surface area contributed by atoms with Crippen LogP contribution in [0.5, 0.6) is 0 Å². The van der Waals surface area contributed by atoms with Gasteiger partial charge in [0.05, 0.1) is 0 Å². The van der Waals surface area contributed by atoms with Crippen LogP contribution in [-0.2, 0) is 0 Å². The fourth-order valence-electron chi connectivity index (χ4n) is 1.09. The van der Waals surface area contributed by atoms with Crippen LogP contribution in [0.25, 0.3) is 11.4 Å². The summed E-state index contributed by atoms with van der Waals surface area (Å²) < 4.78 is 0. The first-order valence-corrected chi connectivity index (χ1v) is 4.31. The highest BCUT2D eigenvalue weighted by Crippen LogP contribution is 2.17. The number of aromatic amines is 1. The van der Waals surface area contributed by atoms with Gasteiger partial charge in [-0.15, -0.1) is 0 Å². The molecule has 0 unspecified atom stereocenters. The van der Waals surface area contributed by atoms with Crippen LogP contribution in [0.4, 0.5) is 0 Å². The highest BCUT2D eigenvalue weighted by atomic mass is 35.5. The number of H-pyrrole nitrogens is 1. The highest BCUT2D eigenvalue weighted by molar-refractivity contribution is 6.30. The lowest BCUT2D eigenvalue weighted by Gasteiger charge is -1.98. The number of nitrogens with one attached hydrogen (secondary N) is 1. The van der Waals surface area contributed by atoms with Gasteiger partial charge in [0.1, 0.15) is 12.2 Å². The predicted molar refractivity (Wildman–Crippen MR) is 53.1 cm³/mol. The Labute approximate surface area is 84.6 Å². The van der Waals surface area contributed by atoms with E-state index in [9.17, 15) is 4.79 Å². The van der Waals surface area contributed by atoms with Gasteiger partial charge in [-0.3, -0.25) is 4.98 Å². The van der Waals surface area contributed by atoms with Crippen molar-refractivity contribution in [3.8, 4) is 11.4 Å². The Bertz CT molecular complexity index is 509. The molecule has 1 aromatic heterocycles. The number of nitrogens with zero attached hydrogens (tertiary/aromatic N) is 2. The van der Waals surface area contributed by atoms with E-state index >= 15 is 0 Å². The number of rotatable bonds is 1. The Hall–Kier alpha value is -1.68. The molecule has 70 valence electrons. The second kappa shape index (κ2) is 3.59. The van der Waals surface area contributed by atoms with Gasteiger partial charge < -0.3 is 0 Å². The number of benzene rings is 1. The van der Waals surface area contributed by atoms with E-state index in [4.69, 9.17) is 11.6 Å². The van der Waals surface area contributed by atoms with Gasteiger partial charge in [-0.25, -0.2) is 9.78 Å². The van der Waals surface area contributed by atoms with E-state index in [1.165, 1.54) is 6.33 Å². The van der Waals surface area contributed by atoms with Gasteiger partial charge in [-0.05, 0) is 12.1 Å². The smallest absolute Gasteiger partial charge is 0.290 e. The van der Waals surface area contributed by atoms with E-state index in [0.717, 1.165) is 5.56 Å². The topological polar surface area (TPSA) is 58.6 Å². The highest BCUT2D eigenvalue weighted by Gasteiger charge is 2.00. The lowest BCUT2D eigenvalue weighted by molar-refractivity contribution is 0.994. The third-order valence-corrected chi connectivity index (χ3v) is 1.92.